The fourth-order valence-corrected chi connectivity index (χ4v) is 3.02. The van der Waals surface area contributed by atoms with E-state index in [2.05, 4.69) is 4.99 Å². The highest BCUT2D eigenvalue weighted by Crippen LogP contribution is 2.43. The molecule has 4 heteroatoms. The molecule has 100 valence electrons. The van der Waals surface area contributed by atoms with Crippen LogP contribution < -0.4 is 4.74 Å². The van der Waals surface area contributed by atoms with E-state index in [9.17, 15) is 4.39 Å². The van der Waals surface area contributed by atoms with E-state index in [1.165, 1.54) is 12.1 Å². The number of hydrogen-bond acceptors (Lipinski definition) is 3. The number of para-hydroxylation sites is 1. The Morgan fingerprint density at radius 2 is 2.00 bits per heavy atom. The van der Waals surface area contributed by atoms with Crippen LogP contribution in [0.1, 0.15) is 5.56 Å². The van der Waals surface area contributed by atoms with Crippen LogP contribution in [-0.2, 0) is 0 Å². The Kier molecular flexibility index (Phi) is 3.56. The maximum atomic E-state index is 13.3. The van der Waals surface area contributed by atoms with Crippen molar-refractivity contribution < 1.29 is 9.13 Å². The molecule has 0 amide bonds. The Morgan fingerprint density at radius 1 is 1.15 bits per heavy atom. The van der Waals surface area contributed by atoms with Gasteiger partial charge in [-0.25, -0.2) is 4.39 Å². The molecule has 0 N–H and O–H groups in total. The van der Waals surface area contributed by atoms with Gasteiger partial charge in [0.1, 0.15) is 11.6 Å². The summed E-state index contributed by atoms with van der Waals surface area (Å²) in [5, 5.41) is 0. The predicted molar refractivity (Wildman–Crippen MR) is 81.4 cm³/mol. The Morgan fingerprint density at radius 3 is 2.85 bits per heavy atom. The number of rotatable bonds is 2. The number of thioether (sulfide) groups is 1. The summed E-state index contributed by atoms with van der Waals surface area (Å²) in [5.74, 6) is 0.218. The second kappa shape index (κ2) is 5.51. The summed E-state index contributed by atoms with van der Waals surface area (Å²) in [6, 6.07) is 12.5. The molecule has 0 fully saturated rings. The van der Waals surface area contributed by atoms with Gasteiger partial charge in [-0.15, -0.1) is 0 Å². The molecule has 2 nitrogen and oxygen atoms in total. The summed E-state index contributed by atoms with van der Waals surface area (Å²) in [6.07, 6.45) is 3.68. The summed E-state index contributed by atoms with van der Waals surface area (Å²) in [6.45, 7) is 0. The minimum Gasteiger partial charge on any atom is -0.496 e. The van der Waals surface area contributed by atoms with Crippen LogP contribution in [-0.4, -0.2) is 13.3 Å². The number of allylic oxidation sites excluding steroid dienone is 1. The van der Waals surface area contributed by atoms with Crippen molar-refractivity contribution in [3.8, 4) is 5.75 Å². The Balaban J connectivity index is 2.04. The van der Waals surface area contributed by atoms with Gasteiger partial charge in [-0.2, -0.15) is 0 Å². The molecular weight excluding hydrogens is 273 g/mol. The van der Waals surface area contributed by atoms with Crippen LogP contribution in [0.15, 0.2) is 58.4 Å². The van der Waals surface area contributed by atoms with Gasteiger partial charge in [-0.05, 0) is 30.3 Å². The van der Waals surface area contributed by atoms with Gasteiger partial charge in [-0.3, -0.25) is 4.99 Å². The van der Waals surface area contributed by atoms with E-state index >= 15 is 0 Å². The van der Waals surface area contributed by atoms with Crippen molar-refractivity contribution in [3.63, 3.8) is 0 Å². The van der Waals surface area contributed by atoms with Crippen molar-refractivity contribution in [1.29, 1.82) is 0 Å². The van der Waals surface area contributed by atoms with Crippen LogP contribution in [0.2, 0.25) is 0 Å². The molecule has 0 saturated heterocycles. The Labute approximate surface area is 121 Å². The van der Waals surface area contributed by atoms with Crippen LogP contribution in [0, 0.1) is 5.82 Å². The van der Waals surface area contributed by atoms with E-state index in [4.69, 9.17) is 4.74 Å². The molecular formula is C16H12FNOS. The lowest BCUT2D eigenvalue weighted by molar-refractivity contribution is 0.410. The average Bonchev–Trinajstić information content (AvgIpc) is 2.69. The van der Waals surface area contributed by atoms with Gasteiger partial charge in [0.25, 0.3) is 0 Å². The molecule has 0 bridgehead atoms. The zero-order chi connectivity index (χ0) is 13.9. The van der Waals surface area contributed by atoms with Crippen LogP contribution in [0.25, 0.3) is 4.91 Å². The first-order chi connectivity index (χ1) is 9.78. The smallest absolute Gasteiger partial charge is 0.130 e. The van der Waals surface area contributed by atoms with Gasteiger partial charge in [0.05, 0.1) is 12.8 Å². The van der Waals surface area contributed by atoms with Gasteiger partial charge in [0, 0.05) is 27.6 Å². The number of fused-ring (bicyclic) bond motifs is 1. The largest absolute Gasteiger partial charge is 0.496 e. The van der Waals surface area contributed by atoms with Crippen molar-refractivity contribution in [2.24, 2.45) is 4.99 Å². The number of aliphatic imine (C=N–C) groups is 1. The third-order valence-electron chi connectivity index (χ3n) is 2.95. The molecule has 1 aliphatic heterocycles. The van der Waals surface area contributed by atoms with Gasteiger partial charge < -0.3 is 4.74 Å². The average molecular weight is 285 g/mol. The van der Waals surface area contributed by atoms with E-state index < -0.39 is 0 Å². The molecule has 1 aliphatic rings. The predicted octanol–water partition coefficient (Wildman–Crippen LogP) is 4.68. The van der Waals surface area contributed by atoms with E-state index in [0.717, 1.165) is 21.1 Å². The molecule has 2 aromatic carbocycles. The summed E-state index contributed by atoms with van der Waals surface area (Å²) in [4.78, 5) is 6.45. The number of ether oxygens (including phenoxy) is 1. The molecule has 3 rings (SSSR count). The van der Waals surface area contributed by atoms with Crippen molar-refractivity contribution >= 4 is 28.6 Å². The summed E-state index contributed by atoms with van der Waals surface area (Å²) in [5.41, 5.74) is 1.80. The lowest BCUT2D eigenvalue weighted by Gasteiger charge is -2.11. The standard InChI is InChI=1S/C16H12FNOS/c1-19-14-10-11(17)6-7-12(14)15-8-9-18-13-4-2-3-5-16(13)20-15/h2-10H,1H3. The Hall–Kier alpha value is -2.07. The lowest BCUT2D eigenvalue weighted by Crippen LogP contribution is -1.91. The van der Waals surface area contributed by atoms with Crippen LogP contribution in [0.3, 0.4) is 0 Å². The van der Waals surface area contributed by atoms with Crippen molar-refractivity contribution in [1.82, 2.24) is 0 Å². The number of benzene rings is 2. The van der Waals surface area contributed by atoms with E-state index in [1.54, 1.807) is 31.2 Å². The fourth-order valence-electron chi connectivity index (χ4n) is 2.00. The minimum absolute atomic E-state index is 0.307. The maximum Gasteiger partial charge on any atom is 0.130 e. The van der Waals surface area contributed by atoms with Gasteiger partial charge >= 0.3 is 0 Å². The summed E-state index contributed by atoms with van der Waals surface area (Å²) in [7, 11) is 1.54. The molecule has 0 unspecified atom stereocenters. The number of nitrogens with zero attached hydrogens (tertiary/aromatic N) is 1. The summed E-state index contributed by atoms with van der Waals surface area (Å²) < 4.78 is 18.6. The molecule has 0 radical (unpaired) electrons. The zero-order valence-electron chi connectivity index (χ0n) is 10.8. The fraction of sp³-hybridized carbons (Fsp3) is 0.0625. The SMILES string of the molecule is COc1cc(F)ccc1C1=CC=Nc2ccccc2S1. The summed E-state index contributed by atoms with van der Waals surface area (Å²) >= 11 is 1.60. The maximum absolute atomic E-state index is 13.3. The molecule has 0 aromatic heterocycles. The molecule has 0 aliphatic carbocycles. The van der Waals surface area contributed by atoms with Crippen LogP contribution in [0.5, 0.6) is 5.75 Å². The quantitative estimate of drug-likeness (QED) is 0.798. The molecule has 0 spiro atoms. The first kappa shape index (κ1) is 12.9. The topological polar surface area (TPSA) is 21.6 Å². The monoisotopic (exact) mass is 285 g/mol. The number of hydrogen-bond donors (Lipinski definition) is 0. The molecule has 20 heavy (non-hydrogen) atoms. The first-order valence-corrected chi connectivity index (χ1v) is 6.95. The van der Waals surface area contributed by atoms with E-state index in [-0.39, 0.29) is 5.82 Å². The highest BCUT2D eigenvalue weighted by molar-refractivity contribution is 8.08. The van der Waals surface area contributed by atoms with Crippen molar-refractivity contribution in [3.05, 3.63) is 59.9 Å². The third kappa shape index (κ3) is 2.47. The van der Waals surface area contributed by atoms with Crippen LogP contribution in [0.4, 0.5) is 10.1 Å². The highest BCUT2D eigenvalue weighted by atomic mass is 32.2. The Bertz CT molecular complexity index is 709. The minimum atomic E-state index is -0.307. The van der Waals surface area contributed by atoms with Crippen molar-refractivity contribution in [2.45, 2.75) is 4.90 Å². The van der Waals surface area contributed by atoms with Gasteiger partial charge in [0.15, 0.2) is 0 Å². The molecule has 0 saturated carbocycles. The second-order valence-electron chi connectivity index (χ2n) is 4.22. The number of halogens is 1. The molecule has 2 aromatic rings. The highest BCUT2D eigenvalue weighted by Gasteiger charge is 2.14. The number of methoxy groups -OCH3 is 1. The third-order valence-corrected chi connectivity index (χ3v) is 4.09. The normalized spacial score (nSPS) is 13.4. The van der Waals surface area contributed by atoms with E-state index in [1.807, 2.05) is 30.3 Å². The van der Waals surface area contributed by atoms with E-state index in [0.29, 0.717) is 5.75 Å². The molecule has 1 heterocycles. The van der Waals surface area contributed by atoms with Crippen LogP contribution >= 0.6 is 11.8 Å². The van der Waals surface area contributed by atoms with Crippen molar-refractivity contribution in [2.75, 3.05) is 7.11 Å². The zero-order valence-corrected chi connectivity index (χ0v) is 11.7. The second-order valence-corrected chi connectivity index (χ2v) is 5.31. The molecule has 0 atom stereocenters. The van der Waals surface area contributed by atoms with Gasteiger partial charge in [-0.1, -0.05) is 23.9 Å². The first-order valence-electron chi connectivity index (χ1n) is 6.13. The lowest BCUT2D eigenvalue weighted by atomic mass is 10.2. The van der Waals surface area contributed by atoms with Gasteiger partial charge in [0.2, 0.25) is 0 Å².